The number of nitrogens with zero attached hydrogens (tertiary/aromatic N) is 1. The lowest BCUT2D eigenvalue weighted by molar-refractivity contribution is -0.653. The third-order valence-corrected chi connectivity index (χ3v) is 3.51. The van der Waals surface area contributed by atoms with Crippen LogP contribution in [0.5, 0.6) is 0 Å². The standard InChI is InChI=1S/C14H16N/c1-15-13-8-4-2-6-11(13)10-12-7-3-5-9-14(12)15/h2,4,6,8,10H,3,5,7,9H2,1H3/q+1. The minimum absolute atomic E-state index is 1.25. The van der Waals surface area contributed by atoms with Gasteiger partial charge in [0.1, 0.15) is 7.05 Å². The van der Waals surface area contributed by atoms with E-state index in [0.29, 0.717) is 0 Å². The van der Waals surface area contributed by atoms with Crippen molar-refractivity contribution >= 4 is 10.9 Å². The van der Waals surface area contributed by atoms with Crippen LogP contribution in [0.1, 0.15) is 24.1 Å². The van der Waals surface area contributed by atoms with Crippen molar-refractivity contribution in [3.8, 4) is 0 Å². The zero-order chi connectivity index (χ0) is 10.3. The first-order chi connectivity index (χ1) is 7.36. The Morgan fingerprint density at radius 1 is 1.07 bits per heavy atom. The highest BCUT2D eigenvalue weighted by Gasteiger charge is 2.20. The topological polar surface area (TPSA) is 3.88 Å². The van der Waals surface area contributed by atoms with Crippen LogP contribution >= 0.6 is 0 Å². The Bertz CT molecular complexity index is 514. The van der Waals surface area contributed by atoms with E-state index in [2.05, 4.69) is 41.9 Å². The lowest BCUT2D eigenvalue weighted by atomic mass is 9.94. The molecule has 2 aromatic rings. The zero-order valence-electron chi connectivity index (χ0n) is 9.16. The molecule has 0 fully saturated rings. The predicted molar refractivity (Wildman–Crippen MR) is 61.8 cm³/mol. The molecule has 15 heavy (non-hydrogen) atoms. The molecule has 1 heteroatoms. The van der Waals surface area contributed by atoms with Gasteiger partial charge in [-0.15, -0.1) is 0 Å². The normalized spacial score (nSPS) is 15.3. The summed E-state index contributed by atoms with van der Waals surface area (Å²) in [5.74, 6) is 0. The Labute approximate surface area is 90.4 Å². The fourth-order valence-corrected chi connectivity index (χ4v) is 2.70. The third-order valence-electron chi connectivity index (χ3n) is 3.51. The van der Waals surface area contributed by atoms with Gasteiger partial charge in [-0.2, -0.15) is 4.57 Å². The number of fused-ring (bicyclic) bond motifs is 2. The van der Waals surface area contributed by atoms with E-state index in [1.54, 1.807) is 11.3 Å². The predicted octanol–water partition coefficient (Wildman–Crippen LogP) is 2.54. The second-order valence-corrected chi connectivity index (χ2v) is 4.44. The van der Waals surface area contributed by atoms with Crippen molar-refractivity contribution in [2.24, 2.45) is 7.05 Å². The Balaban J connectivity index is 2.36. The van der Waals surface area contributed by atoms with Crippen molar-refractivity contribution in [3.05, 3.63) is 41.6 Å². The molecule has 0 amide bonds. The number of para-hydroxylation sites is 1. The molecule has 0 radical (unpaired) electrons. The van der Waals surface area contributed by atoms with Crippen LogP contribution in [-0.4, -0.2) is 0 Å². The van der Waals surface area contributed by atoms with Gasteiger partial charge in [0.15, 0.2) is 5.69 Å². The molecular weight excluding hydrogens is 182 g/mol. The van der Waals surface area contributed by atoms with Crippen LogP contribution in [0.3, 0.4) is 0 Å². The van der Waals surface area contributed by atoms with Gasteiger partial charge in [0.05, 0.1) is 0 Å². The first kappa shape index (κ1) is 8.90. The average Bonchev–Trinajstić information content (AvgIpc) is 2.30. The summed E-state index contributed by atoms with van der Waals surface area (Å²) >= 11 is 0. The van der Waals surface area contributed by atoms with E-state index in [0.717, 1.165) is 0 Å². The molecule has 1 aliphatic carbocycles. The van der Waals surface area contributed by atoms with Crippen molar-refractivity contribution in [3.63, 3.8) is 0 Å². The van der Waals surface area contributed by atoms with Gasteiger partial charge in [-0.25, -0.2) is 0 Å². The Kier molecular flexibility index (Phi) is 1.98. The zero-order valence-corrected chi connectivity index (χ0v) is 9.16. The van der Waals surface area contributed by atoms with Crippen LogP contribution in [0.15, 0.2) is 30.3 Å². The number of aromatic nitrogens is 1. The molecule has 0 spiro atoms. The van der Waals surface area contributed by atoms with Gasteiger partial charge in [-0.3, -0.25) is 0 Å². The molecule has 1 aromatic carbocycles. The van der Waals surface area contributed by atoms with E-state index in [-0.39, 0.29) is 0 Å². The van der Waals surface area contributed by atoms with Gasteiger partial charge in [-0.1, -0.05) is 12.1 Å². The highest BCUT2D eigenvalue weighted by molar-refractivity contribution is 5.76. The van der Waals surface area contributed by atoms with Gasteiger partial charge in [0, 0.05) is 23.4 Å². The number of aryl methyl sites for hydroxylation is 2. The highest BCUT2D eigenvalue weighted by Crippen LogP contribution is 2.22. The van der Waals surface area contributed by atoms with E-state index < -0.39 is 0 Å². The molecule has 0 aliphatic heterocycles. The summed E-state index contributed by atoms with van der Waals surface area (Å²) in [4.78, 5) is 0. The second kappa shape index (κ2) is 3.34. The van der Waals surface area contributed by atoms with Gasteiger partial charge in [-0.05, 0) is 31.4 Å². The third kappa shape index (κ3) is 1.34. The first-order valence-corrected chi connectivity index (χ1v) is 5.76. The minimum atomic E-state index is 1.25. The van der Waals surface area contributed by atoms with Crippen LogP contribution in [0.2, 0.25) is 0 Å². The quantitative estimate of drug-likeness (QED) is 0.573. The van der Waals surface area contributed by atoms with Crippen LogP contribution in [0, 0.1) is 0 Å². The molecule has 0 saturated heterocycles. The Morgan fingerprint density at radius 3 is 2.80 bits per heavy atom. The number of rotatable bonds is 0. The van der Waals surface area contributed by atoms with E-state index in [4.69, 9.17) is 0 Å². The van der Waals surface area contributed by atoms with Crippen molar-refractivity contribution < 1.29 is 4.57 Å². The van der Waals surface area contributed by atoms with E-state index in [9.17, 15) is 0 Å². The summed E-state index contributed by atoms with van der Waals surface area (Å²) in [6.07, 6.45) is 5.20. The minimum Gasteiger partial charge on any atom is -0.198 e. The largest absolute Gasteiger partial charge is 0.212 e. The van der Waals surface area contributed by atoms with Crippen LogP contribution in [0.4, 0.5) is 0 Å². The fourth-order valence-electron chi connectivity index (χ4n) is 2.70. The lowest BCUT2D eigenvalue weighted by Gasteiger charge is -2.14. The van der Waals surface area contributed by atoms with Crippen LogP contribution < -0.4 is 4.57 Å². The maximum Gasteiger partial charge on any atom is 0.212 e. The maximum absolute atomic E-state index is 2.38. The SMILES string of the molecule is C[n+]1c2c(cc3ccccc31)CCCC2. The lowest BCUT2D eigenvalue weighted by Crippen LogP contribution is -2.37. The van der Waals surface area contributed by atoms with Gasteiger partial charge < -0.3 is 0 Å². The molecule has 0 unspecified atom stereocenters. The fraction of sp³-hybridized carbons (Fsp3) is 0.357. The molecular formula is C14H16N+. The van der Waals surface area contributed by atoms with E-state index in [1.165, 1.54) is 36.6 Å². The summed E-state index contributed by atoms with van der Waals surface area (Å²) in [6.45, 7) is 0. The van der Waals surface area contributed by atoms with E-state index in [1.807, 2.05) is 0 Å². The Morgan fingerprint density at radius 2 is 1.87 bits per heavy atom. The molecule has 0 bridgehead atoms. The molecule has 1 aliphatic rings. The molecule has 3 rings (SSSR count). The van der Waals surface area contributed by atoms with Gasteiger partial charge in [0.2, 0.25) is 5.52 Å². The van der Waals surface area contributed by atoms with Crippen molar-refractivity contribution in [2.75, 3.05) is 0 Å². The number of hydrogen-bond acceptors (Lipinski definition) is 0. The Hall–Kier alpha value is -1.37. The molecule has 1 aromatic heterocycles. The summed E-state index contributed by atoms with van der Waals surface area (Å²) in [7, 11) is 2.20. The number of benzene rings is 1. The number of hydrogen-bond donors (Lipinski definition) is 0. The summed E-state index contributed by atoms with van der Waals surface area (Å²) in [5, 5.41) is 1.38. The molecule has 0 atom stereocenters. The number of pyridine rings is 1. The smallest absolute Gasteiger partial charge is 0.198 e. The maximum atomic E-state index is 2.38. The summed E-state index contributed by atoms with van der Waals surface area (Å²) in [6, 6.07) is 11.0. The average molecular weight is 198 g/mol. The van der Waals surface area contributed by atoms with E-state index >= 15 is 0 Å². The highest BCUT2D eigenvalue weighted by atomic mass is 14.9. The molecule has 76 valence electrons. The van der Waals surface area contributed by atoms with Crippen molar-refractivity contribution in [1.82, 2.24) is 0 Å². The summed E-state index contributed by atoms with van der Waals surface area (Å²) in [5.41, 5.74) is 4.46. The molecule has 0 N–H and O–H groups in total. The van der Waals surface area contributed by atoms with Crippen molar-refractivity contribution in [1.29, 1.82) is 0 Å². The molecule has 1 heterocycles. The summed E-state index contributed by atoms with van der Waals surface area (Å²) < 4.78 is 2.38. The first-order valence-electron chi connectivity index (χ1n) is 5.76. The monoisotopic (exact) mass is 198 g/mol. The van der Waals surface area contributed by atoms with Crippen LogP contribution in [0.25, 0.3) is 10.9 Å². The molecule has 1 nitrogen and oxygen atoms in total. The second-order valence-electron chi connectivity index (χ2n) is 4.44. The van der Waals surface area contributed by atoms with Crippen molar-refractivity contribution in [2.45, 2.75) is 25.7 Å². The van der Waals surface area contributed by atoms with Crippen LogP contribution in [-0.2, 0) is 19.9 Å². The van der Waals surface area contributed by atoms with Gasteiger partial charge in [0.25, 0.3) is 0 Å². The molecule has 0 saturated carbocycles. The van der Waals surface area contributed by atoms with Gasteiger partial charge >= 0.3 is 0 Å².